The molecule has 1 saturated heterocycles. The molecule has 0 aromatic rings. The summed E-state index contributed by atoms with van der Waals surface area (Å²) in [5.74, 6) is 0.0958. The van der Waals surface area contributed by atoms with Crippen molar-refractivity contribution in [2.24, 2.45) is 5.73 Å². The maximum absolute atomic E-state index is 13.3. The number of rotatable bonds is 4. The fraction of sp³-hybridized carbons (Fsp3) is 0.900. The summed E-state index contributed by atoms with van der Waals surface area (Å²) in [6.07, 6.45) is 11.6. The van der Waals surface area contributed by atoms with Gasteiger partial charge in [-0.2, -0.15) is 0 Å². The number of carbonyl (C=O) groups excluding carboxylic acids is 2. The second-order valence-corrected chi connectivity index (χ2v) is 10.8. The summed E-state index contributed by atoms with van der Waals surface area (Å²) in [6, 6.07) is -0.127. The lowest BCUT2D eigenvalue weighted by atomic mass is 9.89. The summed E-state index contributed by atoms with van der Waals surface area (Å²) in [5.41, 5.74) is 5.70. The summed E-state index contributed by atoms with van der Waals surface area (Å²) in [4.78, 5) is 28.1. The maximum Gasteiger partial charge on any atom is 0.244 e. The molecule has 2 amide bonds. The zero-order valence-electron chi connectivity index (χ0n) is 16.4. The third-order valence-electron chi connectivity index (χ3n) is 6.27. The monoisotopic (exact) mass is 381 g/mol. The molecule has 3 aliphatic rings. The predicted molar refractivity (Wildman–Crippen MR) is 107 cm³/mol. The van der Waals surface area contributed by atoms with E-state index in [1.165, 1.54) is 25.7 Å². The molecule has 1 spiro atoms. The zero-order chi connectivity index (χ0) is 18.8. The molecule has 0 radical (unpaired) electrons. The van der Waals surface area contributed by atoms with E-state index >= 15 is 0 Å². The summed E-state index contributed by atoms with van der Waals surface area (Å²) in [6.45, 7) is 4.61. The molecule has 26 heavy (non-hydrogen) atoms. The van der Waals surface area contributed by atoms with Crippen molar-refractivity contribution in [2.75, 3.05) is 6.54 Å². The molecule has 0 bridgehead atoms. The Bertz CT molecular complexity index is 525. The van der Waals surface area contributed by atoms with Crippen LogP contribution in [0.15, 0.2) is 0 Å². The molecule has 0 aromatic carbocycles. The molecule has 2 aliphatic carbocycles. The van der Waals surface area contributed by atoms with Gasteiger partial charge in [-0.1, -0.05) is 38.5 Å². The number of hydrogen-bond donors (Lipinski definition) is 2. The van der Waals surface area contributed by atoms with Gasteiger partial charge < -0.3 is 16.0 Å². The van der Waals surface area contributed by atoms with E-state index in [1.807, 2.05) is 16.7 Å². The van der Waals surface area contributed by atoms with Crippen LogP contribution in [0.5, 0.6) is 0 Å². The minimum atomic E-state index is -0.397. The van der Waals surface area contributed by atoms with E-state index in [4.69, 9.17) is 5.73 Å². The Kier molecular flexibility index (Phi) is 6.22. The van der Waals surface area contributed by atoms with Gasteiger partial charge in [-0.25, -0.2) is 0 Å². The van der Waals surface area contributed by atoms with Gasteiger partial charge in [-0.15, -0.1) is 11.8 Å². The average Bonchev–Trinajstić information content (AvgIpc) is 2.83. The first kappa shape index (κ1) is 20.0. The van der Waals surface area contributed by atoms with Gasteiger partial charge in [-0.3, -0.25) is 9.59 Å². The van der Waals surface area contributed by atoms with Crippen LogP contribution in [0.25, 0.3) is 0 Å². The van der Waals surface area contributed by atoms with Crippen LogP contribution in [-0.2, 0) is 9.59 Å². The SMILES string of the molecule is CC1(C)SC2(CCCCC2)N(C(=O)CCN)[C@H]1C(=O)NC1CCCCC1. The first-order valence-electron chi connectivity index (χ1n) is 10.4. The Labute approximate surface area is 162 Å². The number of nitrogens with one attached hydrogen (secondary N) is 1. The lowest BCUT2D eigenvalue weighted by molar-refractivity contribution is -0.145. The van der Waals surface area contributed by atoms with Crippen molar-refractivity contribution in [3.8, 4) is 0 Å². The highest BCUT2D eigenvalue weighted by Gasteiger charge is 2.60. The molecular formula is C20H35N3O2S. The molecule has 5 nitrogen and oxygen atoms in total. The van der Waals surface area contributed by atoms with Crippen LogP contribution in [0.3, 0.4) is 0 Å². The number of nitrogens with zero attached hydrogens (tertiary/aromatic N) is 1. The topological polar surface area (TPSA) is 75.4 Å². The number of thioether (sulfide) groups is 1. The highest BCUT2D eigenvalue weighted by atomic mass is 32.2. The normalized spacial score (nSPS) is 28.3. The maximum atomic E-state index is 13.3. The average molecular weight is 382 g/mol. The second kappa shape index (κ2) is 8.09. The lowest BCUT2D eigenvalue weighted by Crippen LogP contribution is -2.59. The molecule has 6 heteroatoms. The third-order valence-corrected chi connectivity index (χ3v) is 8.00. The largest absolute Gasteiger partial charge is 0.352 e. The van der Waals surface area contributed by atoms with E-state index in [1.54, 1.807) is 0 Å². The molecule has 2 saturated carbocycles. The smallest absolute Gasteiger partial charge is 0.244 e. The molecule has 1 atom stereocenters. The molecule has 3 fully saturated rings. The molecule has 3 rings (SSSR count). The number of amides is 2. The quantitative estimate of drug-likeness (QED) is 0.784. The van der Waals surface area contributed by atoms with Gasteiger partial charge in [0.25, 0.3) is 0 Å². The van der Waals surface area contributed by atoms with Crippen molar-refractivity contribution < 1.29 is 9.59 Å². The minimum Gasteiger partial charge on any atom is -0.352 e. The Morgan fingerprint density at radius 3 is 2.31 bits per heavy atom. The van der Waals surface area contributed by atoms with Crippen LogP contribution in [0.2, 0.25) is 0 Å². The fourth-order valence-electron chi connectivity index (χ4n) is 5.16. The summed E-state index contributed by atoms with van der Waals surface area (Å²) in [7, 11) is 0. The highest BCUT2D eigenvalue weighted by molar-refractivity contribution is 8.02. The minimum absolute atomic E-state index is 0.0437. The van der Waals surface area contributed by atoms with Gasteiger partial charge in [-0.05, 0) is 39.5 Å². The van der Waals surface area contributed by atoms with Crippen molar-refractivity contribution >= 4 is 23.6 Å². The van der Waals surface area contributed by atoms with E-state index in [0.717, 1.165) is 38.5 Å². The number of carbonyl (C=O) groups is 2. The first-order valence-corrected chi connectivity index (χ1v) is 11.2. The number of hydrogen-bond acceptors (Lipinski definition) is 4. The van der Waals surface area contributed by atoms with Crippen molar-refractivity contribution in [1.82, 2.24) is 10.2 Å². The zero-order valence-corrected chi connectivity index (χ0v) is 17.2. The van der Waals surface area contributed by atoms with Crippen molar-refractivity contribution in [3.63, 3.8) is 0 Å². The van der Waals surface area contributed by atoms with Crippen LogP contribution in [0, 0.1) is 0 Å². The number of nitrogens with two attached hydrogens (primary N) is 1. The van der Waals surface area contributed by atoms with Gasteiger partial charge in [0.2, 0.25) is 11.8 Å². The summed E-state index contributed by atoms with van der Waals surface area (Å²) < 4.78 is -0.277. The van der Waals surface area contributed by atoms with Crippen LogP contribution in [0.4, 0.5) is 0 Å². The standard InChI is InChI=1S/C20H35N3O2S/c1-19(2)17(18(25)22-15-9-5-3-6-10-15)23(16(24)11-14-21)20(26-19)12-7-4-8-13-20/h15,17H,3-14,21H2,1-2H3,(H,22,25)/t17-/m0/s1. The van der Waals surface area contributed by atoms with E-state index in [0.29, 0.717) is 13.0 Å². The van der Waals surface area contributed by atoms with E-state index in [2.05, 4.69) is 19.2 Å². The third kappa shape index (κ3) is 3.91. The Morgan fingerprint density at radius 1 is 1.08 bits per heavy atom. The van der Waals surface area contributed by atoms with E-state index in [-0.39, 0.29) is 27.5 Å². The van der Waals surface area contributed by atoms with Gasteiger partial charge in [0.1, 0.15) is 6.04 Å². The van der Waals surface area contributed by atoms with E-state index < -0.39 is 6.04 Å². The predicted octanol–water partition coefficient (Wildman–Crippen LogP) is 3.17. The van der Waals surface area contributed by atoms with Crippen LogP contribution >= 0.6 is 11.8 Å². The van der Waals surface area contributed by atoms with Gasteiger partial charge >= 0.3 is 0 Å². The van der Waals surface area contributed by atoms with Crippen molar-refractivity contribution in [3.05, 3.63) is 0 Å². The fourth-order valence-corrected chi connectivity index (χ4v) is 7.26. The Hall–Kier alpha value is -0.750. The van der Waals surface area contributed by atoms with E-state index in [9.17, 15) is 9.59 Å². The Morgan fingerprint density at radius 2 is 1.69 bits per heavy atom. The van der Waals surface area contributed by atoms with Gasteiger partial charge in [0.15, 0.2) is 0 Å². The molecule has 0 unspecified atom stereocenters. The van der Waals surface area contributed by atoms with Gasteiger partial charge in [0, 0.05) is 23.8 Å². The summed E-state index contributed by atoms with van der Waals surface area (Å²) >= 11 is 1.86. The summed E-state index contributed by atoms with van der Waals surface area (Å²) in [5, 5.41) is 3.29. The highest BCUT2D eigenvalue weighted by Crippen LogP contribution is 2.57. The van der Waals surface area contributed by atoms with Gasteiger partial charge in [0.05, 0.1) is 4.87 Å². The molecular weight excluding hydrogens is 346 g/mol. The molecule has 3 N–H and O–H groups in total. The molecule has 1 heterocycles. The lowest BCUT2D eigenvalue weighted by Gasteiger charge is -2.42. The van der Waals surface area contributed by atoms with Crippen molar-refractivity contribution in [1.29, 1.82) is 0 Å². The first-order chi connectivity index (χ1) is 12.4. The van der Waals surface area contributed by atoms with Crippen LogP contribution < -0.4 is 11.1 Å². The van der Waals surface area contributed by atoms with Crippen molar-refractivity contribution in [2.45, 2.75) is 106 Å². The molecule has 148 valence electrons. The Balaban J connectivity index is 1.85. The molecule has 0 aromatic heterocycles. The van der Waals surface area contributed by atoms with Crippen LogP contribution in [0.1, 0.15) is 84.5 Å². The van der Waals surface area contributed by atoms with Crippen LogP contribution in [-0.4, -0.2) is 45.0 Å². The molecule has 1 aliphatic heterocycles. The second-order valence-electron chi connectivity index (χ2n) is 8.76.